The van der Waals surface area contributed by atoms with Crippen molar-refractivity contribution in [2.45, 2.75) is 30.3 Å². The molecular weight excluding hydrogens is 419 g/mol. The number of aliphatic hydroxyl groups excluding tert-OH is 1. The van der Waals surface area contributed by atoms with Gasteiger partial charge >= 0.3 is 29.6 Å². The van der Waals surface area contributed by atoms with E-state index in [1.54, 1.807) is 18.3 Å². The Hall–Kier alpha value is -1.34. The van der Waals surface area contributed by atoms with E-state index in [2.05, 4.69) is 16.8 Å². The van der Waals surface area contributed by atoms with E-state index >= 15 is 0 Å². The molecule has 2 aliphatic rings. The number of rotatable bonds is 4. The zero-order chi connectivity index (χ0) is 20.0. The number of β-lactam (4-membered cyclic amide) rings is 1. The summed E-state index contributed by atoms with van der Waals surface area (Å²) >= 11 is 3.08. The number of carboxylic acid groups (broad SMARTS) is 1. The van der Waals surface area contributed by atoms with E-state index in [9.17, 15) is 19.8 Å². The smallest absolute Gasteiger partial charge is 0.543 e. The molecule has 4 atom stereocenters. The second kappa shape index (κ2) is 8.80. The Kier molecular flexibility index (Phi) is 6.78. The van der Waals surface area contributed by atoms with E-state index < -0.39 is 18.0 Å². The maximum Gasteiger partial charge on any atom is 1.00 e. The average molecular weight is 436 g/mol. The van der Waals surface area contributed by atoms with Crippen LogP contribution in [0.2, 0.25) is 0 Å². The zero-order valence-corrected chi connectivity index (χ0v) is 19.8. The van der Waals surface area contributed by atoms with Gasteiger partial charge in [-0.15, -0.1) is 11.3 Å². The van der Waals surface area contributed by atoms with Crippen molar-refractivity contribution in [1.29, 1.82) is 0 Å². The van der Waals surface area contributed by atoms with Crippen LogP contribution in [0.25, 0.3) is 10.2 Å². The van der Waals surface area contributed by atoms with E-state index in [0.29, 0.717) is 11.3 Å². The van der Waals surface area contributed by atoms with Crippen LogP contribution in [-0.2, 0) is 9.59 Å². The summed E-state index contributed by atoms with van der Waals surface area (Å²) in [7, 11) is 0. The molecule has 1 saturated heterocycles. The van der Waals surface area contributed by atoms with Crippen LogP contribution in [0.15, 0.2) is 39.9 Å². The van der Waals surface area contributed by atoms with Gasteiger partial charge in [-0.2, -0.15) is 0 Å². The molecule has 1 fully saturated rings. The fourth-order valence-corrected chi connectivity index (χ4v) is 5.67. The van der Waals surface area contributed by atoms with E-state index in [-0.39, 0.29) is 53.1 Å². The summed E-state index contributed by atoms with van der Waals surface area (Å²) in [5.41, 5.74) is 1.18. The number of aliphatic carboxylic acids is 1. The maximum absolute atomic E-state index is 12.3. The molecule has 6 nitrogen and oxygen atoms in total. The first-order valence-electron chi connectivity index (χ1n) is 8.84. The van der Waals surface area contributed by atoms with Gasteiger partial charge < -0.3 is 19.9 Å². The SMILES string of the molecule is CC(O)C1C(=O)N2C(C(=O)[O-])=C(C#CCSc3nc4ccccc4s3)[C@H](C)C12.[Na+]. The van der Waals surface area contributed by atoms with Crippen molar-refractivity contribution in [3.05, 3.63) is 35.5 Å². The summed E-state index contributed by atoms with van der Waals surface area (Å²) in [6.45, 7) is 3.38. The molecule has 1 N–H and O–H groups in total. The van der Waals surface area contributed by atoms with Crippen molar-refractivity contribution >= 4 is 45.2 Å². The summed E-state index contributed by atoms with van der Waals surface area (Å²) in [6.07, 6.45) is -0.832. The Bertz CT molecular complexity index is 1040. The summed E-state index contributed by atoms with van der Waals surface area (Å²) in [5, 5.41) is 21.5. The average Bonchev–Trinajstić information content (AvgIpc) is 3.15. The predicted octanol–water partition coefficient (Wildman–Crippen LogP) is -1.74. The Labute approximate surface area is 198 Å². The Morgan fingerprint density at radius 3 is 2.83 bits per heavy atom. The quantitative estimate of drug-likeness (QED) is 0.265. The first-order chi connectivity index (χ1) is 13.4. The van der Waals surface area contributed by atoms with Gasteiger partial charge in [0.25, 0.3) is 0 Å². The van der Waals surface area contributed by atoms with E-state index in [1.165, 1.54) is 16.7 Å². The summed E-state index contributed by atoms with van der Waals surface area (Å²) in [4.78, 5) is 29.6. The zero-order valence-electron chi connectivity index (χ0n) is 16.2. The van der Waals surface area contributed by atoms with Crippen molar-refractivity contribution < 1.29 is 49.4 Å². The van der Waals surface area contributed by atoms with Gasteiger partial charge in [-0.05, 0) is 19.1 Å². The molecule has 0 saturated carbocycles. The third kappa shape index (κ3) is 3.88. The summed E-state index contributed by atoms with van der Waals surface area (Å²) in [5.74, 6) is 3.74. The fraction of sp³-hybridized carbons (Fsp3) is 0.350. The Balaban J connectivity index is 0.00000240. The number of nitrogens with zero attached hydrogens (tertiary/aromatic N) is 2. The number of aliphatic hydroxyl groups is 1. The fourth-order valence-electron chi connectivity index (χ4n) is 3.86. The number of aromatic nitrogens is 1. The first kappa shape index (κ1) is 22.3. The number of thiazole rings is 1. The molecule has 2 aromatic rings. The van der Waals surface area contributed by atoms with Gasteiger partial charge in [0.2, 0.25) is 5.91 Å². The monoisotopic (exact) mass is 436 g/mol. The van der Waals surface area contributed by atoms with Crippen LogP contribution < -0.4 is 34.7 Å². The molecule has 9 heteroatoms. The van der Waals surface area contributed by atoms with Gasteiger partial charge in [-0.3, -0.25) is 4.79 Å². The number of carbonyl (C=O) groups excluding carboxylic acids is 2. The maximum atomic E-state index is 12.3. The van der Waals surface area contributed by atoms with Crippen LogP contribution >= 0.6 is 23.1 Å². The molecule has 2 aliphatic heterocycles. The number of hydrogen-bond donors (Lipinski definition) is 1. The largest absolute Gasteiger partial charge is 1.00 e. The summed E-state index contributed by atoms with van der Waals surface area (Å²) in [6, 6.07) is 7.51. The molecule has 144 valence electrons. The third-order valence-corrected chi connectivity index (χ3v) is 7.19. The second-order valence-corrected chi connectivity index (χ2v) is 9.09. The first-order valence-corrected chi connectivity index (χ1v) is 10.6. The van der Waals surface area contributed by atoms with E-state index in [4.69, 9.17) is 0 Å². The van der Waals surface area contributed by atoms with Crippen molar-refractivity contribution in [2.24, 2.45) is 11.8 Å². The molecule has 0 radical (unpaired) electrons. The van der Waals surface area contributed by atoms with Crippen LogP contribution in [-0.4, -0.2) is 44.8 Å². The molecule has 1 amide bonds. The minimum Gasteiger partial charge on any atom is -0.543 e. The standard InChI is InChI=1S/C20H18N2O4S2.Na/c1-10-12(17(19(25)26)22-16(10)15(11(2)23)18(22)24)6-5-9-27-20-21-13-7-3-4-8-14(13)28-20;/h3-4,7-8,10-11,15-16,23H,9H2,1-2H3,(H,25,26);/q;+1/p-1/t10-,11?,15?,16?;/m0./s1. The second-order valence-electron chi connectivity index (χ2n) is 6.84. The van der Waals surface area contributed by atoms with Crippen molar-refractivity contribution in [3.63, 3.8) is 0 Å². The van der Waals surface area contributed by atoms with Crippen molar-refractivity contribution in [3.8, 4) is 11.8 Å². The van der Waals surface area contributed by atoms with Gasteiger partial charge in [0.1, 0.15) is 0 Å². The van der Waals surface area contributed by atoms with Crippen LogP contribution in [0.1, 0.15) is 13.8 Å². The predicted molar refractivity (Wildman–Crippen MR) is 105 cm³/mol. The minimum absolute atomic E-state index is 0. The number of para-hydroxylation sites is 1. The number of hydrogen-bond acceptors (Lipinski definition) is 7. The van der Waals surface area contributed by atoms with Crippen LogP contribution in [0, 0.1) is 23.7 Å². The molecule has 0 aliphatic carbocycles. The van der Waals surface area contributed by atoms with E-state index in [1.807, 2.05) is 31.2 Å². The van der Waals surface area contributed by atoms with Gasteiger partial charge in [-0.1, -0.05) is 42.7 Å². The topological polar surface area (TPSA) is 93.6 Å². The Morgan fingerprint density at radius 1 is 1.45 bits per heavy atom. The van der Waals surface area contributed by atoms with Crippen molar-refractivity contribution in [2.75, 3.05) is 5.75 Å². The van der Waals surface area contributed by atoms with Crippen molar-refractivity contribution in [1.82, 2.24) is 9.88 Å². The molecule has 1 aromatic carbocycles. The number of thioether (sulfide) groups is 1. The van der Waals surface area contributed by atoms with Crippen LogP contribution in [0.4, 0.5) is 0 Å². The molecule has 3 unspecified atom stereocenters. The van der Waals surface area contributed by atoms with Crippen LogP contribution in [0.5, 0.6) is 0 Å². The molecule has 4 rings (SSSR count). The normalized spacial score (nSPS) is 23.8. The molecule has 0 bridgehead atoms. The number of carbonyl (C=O) groups is 2. The van der Waals surface area contributed by atoms with Gasteiger partial charge in [0.15, 0.2) is 4.34 Å². The number of amides is 1. The van der Waals surface area contributed by atoms with Gasteiger partial charge in [0, 0.05) is 11.5 Å². The van der Waals surface area contributed by atoms with E-state index in [0.717, 1.165) is 14.6 Å². The number of benzene rings is 1. The number of carboxylic acids is 1. The van der Waals surface area contributed by atoms with Gasteiger partial charge in [-0.25, -0.2) is 4.98 Å². The summed E-state index contributed by atoms with van der Waals surface area (Å²) < 4.78 is 2.01. The van der Waals surface area contributed by atoms with Gasteiger partial charge in [0.05, 0.1) is 45.7 Å². The Morgan fingerprint density at radius 2 is 2.17 bits per heavy atom. The molecule has 3 heterocycles. The number of fused-ring (bicyclic) bond motifs is 2. The minimum atomic E-state index is -1.41. The van der Waals surface area contributed by atoms with Crippen LogP contribution in [0.3, 0.4) is 0 Å². The molecule has 29 heavy (non-hydrogen) atoms. The molecule has 1 aromatic heterocycles. The molecule has 0 spiro atoms. The molecular formula is C20H17N2NaO4S2. The third-order valence-electron chi connectivity index (χ3n) is 5.13.